The van der Waals surface area contributed by atoms with E-state index in [4.69, 9.17) is 9.47 Å². The topological polar surface area (TPSA) is 72.9 Å². The number of allylic oxidation sites excluding steroid dienone is 2. The van der Waals surface area contributed by atoms with Crippen molar-refractivity contribution in [2.24, 2.45) is 11.8 Å². The number of fused-ring (bicyclic) bond motifs is 1. The number of hydrogen-bond donors (Lipinski definition) is 0. The number of hydrogen-bond acceptors (Lipinski definition) is 5. The number of esters is 1. The summed E-state index contributed by atoms with van der Waals surface area (Å²) >= 11 is 0. The molecule has 1 fully saturated rings. The van der Waals surface area contributed by atoms with E-state index in [0.29, 0.717) is 18.6 Å². The minimum atomic E-state index is -0.917. The number of aryl methyl sites for hydroxylation is 1. The van der Waals surface area contributed by atoms with Crippen molar-refractivity contribution in [3.8, 4) is 5.75 Å². The number of ether oxygens (including phenoxy) is 2. The van der Waals surface area contributed by atoms with Gasteiger partial charge in [-0.2, -0.15) is 0 Å². The molecule has 1 heterocycles. The van der Waals surface area contributed by atoms with Crippen molar-refractivity contribution in [2.75, 3.05) is 13.2 Å². The molecule has 0 bridgehead atoms. The number of nitrogens with zero attached hydrogens (tertiary/aromatic N) is 1. The Bertz CT molecular complexity index is 698. The molecule has 0 spiro atoms. The second kappa shape index (κ2) is 7.72. The number of benzene rings is 1. The van der Waals surface area contributed by atoms with Crippen LogP contribution in [-0.4, -0.2) is 41.9 Å². The van der Waals surface area contributed by atoms with Crippen LogP contribution in [0, 0.1) is 18.8 Å². The third-order valence-electron chi connectivity index (χ3n) is 4.89. The summed E-state index contributed by atoms with van der Waals surface area (Å²) in [6.07, 6.45) is 4.94. The predicted octanol–water partition coefficient (Wildman–Crippen LogP) is 2.26. The van der Waals surface area contributed by atoms with Gasteiger partial charge in [-0.15, -0.1) is 0 Å². The van der Waals surface area contributed by atoms with Gasteiger partial charge in [-0.25, -0.2) is 4.79 Å². The number of rotatable bonds is 6. The fourth-order valence-electron chi connectivity index (χ4n) is 3.37. The summed E-state index contributed by atoms with van der Waals surface area (Å²) in [5.74, 6) is -1.12. The van der Waals surface area contributed by atoms with Gasteiger partial charge in [0, 0.05) is 0 Å². The van der Waals surface area contributed by atoms with E-state index >= 15 is 0 Å². The van der Waals surface area contributed by atoms with E-state index in [1.165, 1.54) is 6.92 Å². The number of amides is 2. The zero-order valence-corrected chi connectivity index (χ0v) is 15.0. The van der Waals surface area contributed by atoms with Crippen LogP contribution in [0.25, 0.3) is 0 Å². The number of carbonyl (C=O) groups is 3. The molecule has 1 aromatic carbocycles. The molecule has 138 valence electrons. The molecule has 0 saturated carbocycles. The third-order valence-corrected chi connectivity index (χ3v) is 4.89. The molecule has 0 radical (unpaired) electrons. The molecule has 6 nitrogen and oxygen atoms in total. The summed E-state index contributed by atoms with van der Waals surface area (Å²) in [6, 6.07) is 6.64. The molecule has 0 N–H and O–H groups in total. The van der Waals surface area contributed by atoms with Gasteiger partial charge in [-0.05, 0) is 38.8 Å². The highest BCUT2D eigenvalue weighted by molar-refractivity contribution is 6.08. The van der Waals surface area contributed by atoms with Gasteiger partial charge < -0.3 is 9.47 Å². The Morgan fingerprint density at radius 1 is 1.08 bits per heavy atom. The Balaban J connectivity index is 1.49. The molecule has 2 aliphatic rings. The van der Waals surface area contributed by atoms with Crippen molar-refractivity contribution in [1.29, 1.82) is 0 Å². The molecule has 1 saturated heterocycles. The highest BCUT2D eigenvalue weighted by atomic mass is 16.6. The Morgan fingerprint density at radius 2 is 1.65 bits per heavy atom. The van der Waals surface area contributed by atoms with Gasteiger partial charge in [0.25, 0.3) is 0 Å². The maximum atomic E-state index is 12.5. The first-order valence-electron chi connectivity index (χ1n) is 8.87. The van der Waals surface area contributed by atoms with Gasteiger partial charge in [-0.1, -0.05) is 29.8 Å². The summed E-state index contributed by atoms with van der Waals surface area (Å²) in [6.45, 7) is 3.78. The highest BCUT2D eigenvalue weighted by Gasteiger charge is 2.50. The zero-order valence-electron chi connectivity index (χ0n) is 15.0. The first-order chi connectivity index (χ1) is 12.5. The van der Waals surface area contributed by atoms with Gasteiger partial charge in [0.1, 0.15) is 25.0 Å². The summed E-state index contributed by atoms with van der Waals surface area (Å²) in [4.78, 5) is 38.3. The van der Waals surface area contributed by atoms with Crippen LogP contribution in [0.15, 0.2) is 36.4 Å². The molecule has 0 aromatic heterocycles. The van der Waals surface area contributed by atoms with Gasteiger partial charge in [-0.3, -0.25) is 14.5 Å². The number of carbonyl (C=O) groups excluding carboxylic acids is 3. The van der Waals surface area contributed by atoms with E-state index < -0.39 is 12.0 Å². The van der Waals surface area contributed by atoms with Crippen LogP contribution in [0.4, 0.5) is 0 Å². The predicted molar refractivity (Wildman–Crippen MR) is 94.3 cm³/mol. The molecular weight excluding hydrogens is 334 g/mol. The number of likely N-dealkylation sites (tertiary alicyclic amines) is 1. The second-order valence-electron chi connectivity index (χ2n) is 6.71. The summed E-state index contributed by atoms with van der Waals surface area (Å²) in [5.41, 5.74) is 1.13. The summed E-state index contributed by atoms with van der Waals surface area (Å²) in [5, 5.41) is 0. The quantitative estimate of drug-likeness (QED) is 0.338. The normalized spacial score (nSPS) is 22.9. The lowest BCUT2D eigenvalue weighted by atomic mass is 9.85. The van der Waals surface area contributed by atoms with E-state index in [2.05, 4.69) is 0 Å². The monoisotopic (exact) mass is 357 g/mol. The molecule has 26 heavy (non-hydrogen) atoms. The minimum Gasteiger partial charge on any atom is -0.490 e. The van der Waals surface area contributed by atoms with E-state index in [9.17, 15) is 14.4 Å². The van der Waals surface area contributed by atoms with Crippen LogP contribution >= 0.6 is 0 Å². The Kier molecular flexibility index (Phi) is 5.40. The number of imide groups is 1. The average molecular weight is 357 g/mol. The molecule has 1 aliphatic heterocycles. The fraction of sp³-hybridized carbons (Fsp3) is 0.450. The maximum Gasteiger partial charge on any atom is 0.329 e. The average Bonchev–Trinajstić information content (AvgIpc) is 2.90. The lowest BCUT2D eigenvalue weighted by Crippen LogP contribution is -2.44. The van der Waals surface area contributed by atoms with Crippen LogP contribution in [0.1, 0.15) is 25.3 Å². The van der Waals surface area contributed by atoms with Crippen LogP contribution in [0.3, 0.4) is 0 Å². The molecule has 1 aromatic rings. The smallest absolute Gasteiger partial charge is 0.329 e. The minimum absolute atomic E-state index is 0.0572. The largest absolute Gasteiger partial charge is 0.490 e. The lowest BCUT2D eigenvalue weighted by molar-refractivity contribution is -0.158. The van der Waals surface area contributed by atoms with Crippen molar-refractivity contribution in [1.82, 2.24) is 4.90 Å². The Morgan fingerprint density at radius 3 is 2.23 bits per heavy atom. The van der Waals surface area contributed by atoms with Crippen LogP contribution in [0.5, 0.6) is 5.75 Å². The maximum absolute atomic E-state index is 12.5. The first kappa shape index (κ1) is 18.2. The van der Waals surface area contributed by atoms with Crippen LogP contribution in [0.2, 0.25) is 0 Å². The van der Waals surface area contributed by atoms with Crippen LogP contribution in [-0.2, 0) is 19.1 Å². The van der Waals surface area contributed by atoms with Crippen molar-refractivity contribution in [3.05, 3.63) is 42.0 Å². The Labute approximate surface area is 152 Å². The van der Waals surface area contributed by atoms with Crippen molar-refractivity contribution in [2.45, 2.75) is 32.7 Å². The molecule has 3 atom stereocenters. The van der Waals surface area contributed by atoms with E-state index in [1.54, 1.807) is 0 Å². The summed E-state index contributed by atoms with van der Waals surface area (Å²) in [7, 11) is 0. The van der Waals surface area contributed by atoms with E-state index in [1.807, 2.05) is 43.3 Å². The lowest BCUT2D eigenvalue weighted by Gasteiger charge is -2.21. The van der Waals surface area contributed by atoms with E-state index in [0.717, 1.165) is 10.5 Å². The van der Waals surface area contributed by atoms with Gasteiger partial charge in [0.15, 0.2) is 0 Å². The second-order valence-corrected chi connectivity index (χ2v) is 6.71. The van der Waals surface area contributed by atoms with Crippen molar-refractivity contribution < 1.29 is 23.9 Å². The van der Waals surface area contributed by atoms with Gasteiger partial charge >= 0.3 is 5.97 Å². The highest BCUT2D eigenvalue weighted by Crippen LogP contribution is 2.36. The standard InChI is InChI=1S/C20H23NO5/c1-13-7-9-15(10-8-13)25-11-12-26-20(24)14(2)21-18(22)16-5-3-4-6-17(16)19(21)23/h3-4,7-10,14,16-17H,5-6,11-12H2,1-2H3/t14-,16-,17-/m0/s1. The molecular formula is C20H23NO5. The van der Waals surface area contributed by atoms with Gasteiger partial charge in [0.05, 0.1) is 11.8 Å². The van der Waals surface area contributed by atoms with Crippen molar-refractivity contribution >= 4 is 17.8 Å². The third kappa shape index (κ3) is 3.64. The van der Waals surface area contributed by atoms with Gasteiger partial charge in [0.2, 0.25) is 11.8 Å². The molecule has 3 rings (SSSR count). The summed E-state index contributed by atoms with van der Waals surface area (Å²) < 4.78 is 10.7. The zero-order chi connectivity index (χ0) is 18.7. The van der Waals surface area contributed by atoms with Crippen LogP contribution < -0.4 is 4.74 Å². The molecule has 1 aliphatic carbocycles. The van der Waals surface area contributed by atoms with Crippen molar-refractivity contribution in [3.63, 3.8) is 0 Å². The Hall–Kier alpha value is -2.63. The molecule has 2 amide bonds. The SMILES string of the molecule is Cc1ccc(OCCOC(=O)[C@H](C)N2C(=O)[C@H]3CC=CC[C@@H]3C2=O)cc1. The fourth-order valence-corrected chi connectivity index (χ4v) is 3.37. The first-order valence-corrected chi connectivity index (χ1v) is 8.87. The molecule has 0 unspecified atom stereocenters. The van der Waals surface area contributed by atoms with E-state index in [-0.39, 0.29) is 36.9 Å². The molecule has 6 heteroatoms.